The molecule has 0 fully saturated rings. The van der Waals surface area contributed by atoms with Gasteiger partial charge in [0, 0.05) is 11.6 Å². The minimum Gasteiger partial charge on any atom is -0.488 e. The molecule has 2 rings (SSSR count). The Morgan fingerprint density at radius 3 is 2.86 bits per heavy atom. The van der Waals surface area contributed by atoms with Crippen molar-refractivity contribution in [3.8, 4) is 5.75 Å². The Balaban J connectivity index is 2.49. The highest BCUT2D eigenvalue weighted by Crippen LogP contribution is 2.38. The Labute approximate surface area is 90.6 Å². The first-order valence-electron chi connectivity index (χ1n) is 4.46. The van der Waals surface area contributed by atoms with E-state index in [2.05, 4.69) is 21.2 Å². The van der Waals surface area contributed by atoms with E-state index in [-0.39, 0.29) is 18.0 Å². The quantitative estimate of drug-likeness (QED) is 0.838. The first-order valence-corrected chi connectivity index (χ1v) is 5.25. The molecule has 1 N–H and O–H groups in total. The second-order valence-electron chi connectivity index (χ2n) is 3.39. The summed E-state index contributed by atoms with van der Waals surface area (Å²) in [6, 6.07) is 3.34. The van der Waals surface area contributed by atoms with Crippen LogP contribution in [0.5, 0.6) is 5.75 Å². The van der Waals surface area contributed by atoms with Gasteiger partial charge in [0.2, 0.25) is 0 Å². The second-order valence-corrected chi connectivity index (χ2v) is 4.25. The highest BCUT2D eigenvalue weighted by atomic mass is 79.9. The highest BCUT2D eigenvalue weighted by Gasteiger charge is 2.30. The minimum absolute atomic E-state index is 0.0451. The van der Waals surface area contributed by atoms with Crippen molar-refractivity contribution >= 4 is 15.9 Å². The van der Waals surface area contributed by atoms with Crippen molar-refractivity contribution in [3.63, 3.8) is 0 Å². The van der Waals surface area contributed by atoms with E-state index in [1.54, 1.807) is 6.07 Å². The number of nitrogens with one attached hydrogen (secondary N) is 1. The number of fused-ring (bicyclic) bond motifs is 1. The summed E-state index contributed by atoms with van der Waals surface area (Å²) in [6.45, 7) is 1.97. The van der Waals surface area contributed by atoms with Gasteiger partial charge >= 0.3 is 0 Å². The van der Waals surface area contributed by atoms with Gasteiger partial charge in [-0.1, -0.05) is 0 Å². The van der Waals surface area contributed by atoms with Crippen LogP contribution in [0.4, 0.5) is 4.39 Å². The van der Waals surface area contributed by atoms with E-state index in [4.69, 9.17) is 4.74 Å². The van der Waals surface area contributed by atoms with E-state index in [0.717, 1.165) is 5.56 Å². The number of benzene rings is 1. The number of likely N-dealkylation sites (N-methyl/N-ethyl adjacent to an activating group) is 1. The van der Waals surface area contributed by atoms with Crippen molar-refractivity contribution in [2.75, 3.05) is 7.05 Å². The third-order valence-electron chi connectivity index (χ3n) is 2.48. The molecule has 2 atom stereocenters. The number of hydrogen-bond donors (Lipinski definition) is 1. The summed E-state index contributed by atoms with van der Waals surface area (Å²) in [5, 5.41) is 3.15. The summed E-state index contributed by atoms with van der Waals surface area (Å²) in [5.41, 5.74) is 1.01. The first kappa shape index (κ1) is 9.93. The molecule has 1 aromatic rings. The molecule has 1 aliphatic rings. The lowest BCUT2D eigenvalue weighted by molar-refractivity contribution is 0.214. The van der Waals surface area contributed by atoms with Crippen LogP contribution in [0.3, 0.4) is 0 Å². The largest absolute Gasteiger partial charge is 0.488 e. The van der Waals surface area contributed by atoms with E-state index in [1.165, 1.54) is 6.07 Å². The molecule has 76 valence electrons. The molecule has 2 unspecified atom stereocenters. The molecule has 14 heavy (non-hydrogen) atoms. The van der Waals surface area contributed by atoms with Crippen molar-refractivity contribution < 1.29 is 9.13 Å². The van der Waals surface area contributed by atoms with Crippen LogP contribution in [-0.4, -0.2) is 13.2 Å². The van der Waals surface area contributed by atoms with Crippen LogP contribution in [0.2, 0.25) is 0 Å². The first-order chi connectivity index (χ1) is 6.63. The fourth-order valence-corrected chi connectivity index (χ4v) is 2.16. The molecule has 0 saturated heterocycles. The predicted molar refractivity (Wildman–Crippen MR) is 56.0 cm³/mol. The van der Waals surface area contributed by atoms with Crippen molar-refractivity contribution in [1.29, 1.82) is 0 Å². The standard InChI is InChI=1S/C10H11BrFNO/c1-5-10(13-2)6-3-7(11)8(12)4-9(6)14-5/h3-5,10,13H,1-2H3. The van der Waals surface area contributed by atoms with Crippen molar-refractivity contribution in [3.05, 3.63) is 28.0 Å². The summed E-state index contributed by atoms with van der Waals surface area (Å²) in [7, 11) is 1.87. The summed E-state index contributed by atoms with van der Waals surface area (Å²) >= 11 is 3.17. The van der Waals surface area contributed by atoms with Crippen molar-refractivity contribution in [2.45, 2.75) is 19.1 Å². The van der Waals surface area contributed by atoms with Gasteiger partial charge in [-0.3, -0.25) is 0 Å². The Morgan fingerprint density at radius 1 is 1.50 bits per heavy atom. The summed E-state index contributed by atoms with van der Waals surface area (Å²) < 4.78 is 19.2. The number of hydrogen-bond acceptors (Lipinski definition) is 2. The third kappa shape index (κ3) is 1.42. The zero-order chi connectivity index (χ0) is 10.3. The fraction of sp³-hybridized carbons (Fsp3) is 0.400. The summed E-state index contributed by atoms with van der Waals surface area (Å²) in [6.07, 6.45) is 0.0451. The second kappa shape index (κ2) is 3.51. The molecular weight excluding hydrogens is 249 g/mol. The number of rotatable bonds is 1. The molecule has 0 bridgehead atoms. The van der Waals surface area contributed by atoms with Gasteiger partial charge in [0.05, 0.1) is 10.5 Å². The molecule has 2 nitrogen and oxygen atoms in total. The van der Waals surface area contributed by atoms with Crippen LogP contribution in [0.25, 0.3) is 0 Å². The molecule has 1 aromatic carbocycles. The van der Waals surface area contributed by atoms with Gasteiger partial charge < -0.3 is 10.1 Å². The fourth-order valence-electron chi connectivity index (χ4n) is 1.80. The van der Waals surface area contributed by atoms with Crippen LogP contribution in [0.15, 0.2) is 16.6 Å². The van der Waals surface area contributed by atoms with Crippen molar-refractivity contribution in [1.82, 2.24) is 5.32 Å². The Kier molecular flexibility index (Phi) is 2.49. The normalized spacial score (nSPS) is 24.6. The van der Waals surface area contributed by atoms with Gasteiger partial charge in [-0.05, 0) is 36.0 Å². The van der Waals surface area contributed by atoms with Crippen LogP contribution in [0.1, 0.15) is 18.5 Å². The lowest BCUT2D eigenvalue weighted by Gasteiger charge is -2.12. The average Bonchev–Trinajstić information content (AvgIpc) is 2.42. The summed E-state index contributed by atoms with van der Waals surface area (Å²) in [5.74, 6) is 0.352. The number of ether oxygens (including phenoxy) is 1. The molecule has 0 amide bonds. The molecule has 0 radical (unpaired) electrons. The van der Waals surface area contributed by atoms with E-state index >= 15 is 0 Å². The Morgan fingerprint density at radius 2 is 2.21 bits per heavy atom. The third-order valence-corrected chi connectivity index (χ3v) is 3.09. The van der Waals surface area contributed by atoms with Crippen LogP contribution in [0, 0.1) is 5.82 Å². The van der Waals surface area contributed by atoms with E-state index in [0.29, 0.717) is 10.2 Å². The van der Waals surface area contributed by atoms with Gasteiger partial charge in [-0.2, -0.15) is 0 Å². The molecule has 1 heterocycles. The predicted octanol–water partition coefficient (Wildman–Crippen LogP) is 2.63. The van der Waals surface area contributed by atoms with Crippen LogP contribution >= 0.6 is 15.9 Å². The average molecular weight is 260 g/mol. The van der Waals surface area contributed by atoms with Crippen LogP contribution < -0.4 is 10.1 Å². The zero-order valence-electron chi connectivity index (χ0n) is 7.97. The van der Waals surface area contributed by atoms with Gasteiger partial charge in [0.1, 0.15) is 17.7 Å². The van der Waals surface area contributed by atoms with Crippen molar-refractivity contribution in [2.24, 2.45) is 0 Å². The maximum absolute atomic E-state index is 13.2. The smallest absolute Gasteiger partial charge is 0.141 e. The Bertz CT molecular complexity index is 369. The van der Waals surface area contributed by atoms with Crippen LogP contribution in [-0.2, 0) is 0 Å². The highest BCUT2D eigenvalue weighted by molar-refractivity contribution is 9.10. The molecule has 0 aromatic heterocycles. The van der Waals surface area contributed by atoms with E-state index in [9.17, 15) is 4.39 Å². The maximum atomic E-state index is 13.2. The molecular formula is C10H11BrFNO. The lowest BCUT2D eigenvalue weighted by Crippen LogP contribution is -2.25. The number of halogens is 2. The molecule has 0 saturated carbocycles. The Hall–Kier alpha value is -0.610. The lowest BCUT2D eigenvalue weighted by atomic mass is 10.1. The molecule has 0 aliphatic carbocycles. The van der Waals surface area contributed by atoms with Gasteiger partial charge in [-0.25, -0.2) is 4.39 Å². The molecule has 0 spiro atoms. The summed E-state index contributed by atoms with van der Waals surface area (Å²) in [4.78, 5) is 0. The van der Waals surface area contributed by atoms with E-state index in [1.807, 2.05) is 14.0 Å². The van der Waals surface area contributed by atoms with Gasteiger partial charge in [0.15, 0.2) is 0 Å². The SMILES string of the molecule is CNC1c2cc(Br)c(F)cc2OC1C. The monoisotopic (exact) mass is 259 g/mol. The topological polar surface area (TPSA) is 21.3 Å². The van der Waals surface area contributed by atoms with Gasteiger partial charge in [-0.15, -0.1) is 0 Å². The zero-order valence-corrected chi connectivity index (χ0v) is 9.56. The maximum Gasteiger partial charge on any atom is 0.141 e. The van der Waals surface area contributed by atoms with E-state index < -0.39 is 0 Å². The molecule has 1 aliphatic heterocycles. The van der Waals surface area contributed by atoms with Gasteiger partial charge in [0.25, 0.3) is 0 Å². The minimum atomic E-state index is -0.285. The molecule has 4 heteroatoms.